The Balaban J connectivity index is 2.42. The minimum atomic E-state index is 0.657. The van der Waals surface area contributed by atoms with Gasteiger partial charge in [-0.15, -0.1) is 0 Å². The van der Waals surface area contributed by atoms with E-state index in [1.54, 1.807) is 20.5 Å². The molecule has 0 aliphatic rings. The summed E-state index contributed by atoms with van der Waals surface area (Å²) in [5.74, 6) is 2.14. The number of hydrogen-bond acceptors (Lipinski definition) is 4. The van der Waals surface area contributed by atoms with Crippen LogP contribution in [0.4, 0.5) is 5.82 Å². The Morgan fingerprint density at radius 1 is 1.25 bits per heavy atom. The van der Waals surface area contributed by atoms with Crippen molar-refractivity contribution in [2.75, 3.05) is 20.0 Å². The molecule has 0 saturated carbocycles. The van der Waals surface area contributed by atoms with Crippen LogP contribution in [0.3, 0.4) is 0 Å². The van der Waals surface area contributed by atoms with E-state index < -0.39 is 0 Å². The summed E-state index contributed by atoms with van der Waals surface area (Å²) in [6.45, 7) is 3.03. The van der Waals surface area contributed by atoms with Crippen LogP contribution in [0, 0.1) is 0 Å². The Hall–Kier alpha value is -2.17. The van der Waals surface area contributed by atoms with E-state index in [0.717, 1.165) is 42.1 Å². The first-order chi connectivity index (χ1) is 9.71. The van der Waals surface area contributed by atoms with Crippen molar-refractivity contribution in [1.82, 2.24) is 9.55 Å². The molecule has 5 heteroatoms. The minimum absolute atomic E-state index is 0.657. The van der Waals surface area contributed by atoms with Gasteiger partial charge in [0.1, 0.15) is 23.0 Å². The van der Waals surface area contributed by atoms with Crippen LogP contribution in [-0.2, 0) is 6.54 Å². The summed E-state index contributed by atoms with van der Waals surface area (Å²) in [7, 11) is 3.27. The molecule has 5 nitrogen and oxygen atoms in total. The summed E-state index contributed by atoms with van der Waals surface area (Å²) in [5, 5.41) is 0. The van der Waals surface area contributed by atoms with Crippen molar-refractivity contribution in [3.05, 3.63) is 24.5 Å². The Morgan fingerprint density at radius 3 is 2.70 bits per heavy atom. The highest BCUT2D eigenvalue weighted by atomic mass is 16.5. The zero-order chi connectivity index (χ0) is 14.5. The molecule has 108 valence electrons. The zero-order valence-corrected chi connectivity index (χ0v) is 12.2. The highest BCUT2D eigenvalue weighted by molar-refractivity contribution is 5.76. The van der Waals surface area contributed by atoms with E-state index in [-0.39, 0.29) is 0 Å². The number of aromatic nitrogens is 2. The van der Waals surface area contributed by atoms with Crippen molar-refractivity contribution < 1.29 is 9.47 Å². The number of hydrogen-bond donors (Lipinski definition) is 1. The number of ether oxygens (including phenoxy) is 2. The first kappa shape index (κ1) is 14.2. The molecular weight excluding hydrogens is 254 g/mol. The van der Waals surface area contributed by atoms with Gasteiger partial charge in [-0.1, -0.05) is 13.3 Å². The summed E-state index contributed by atoms with van der Waals surface area (Å²) in [4.78, 5) is 4.43. The number of nitrogens with zero attached hydrogens (tertiary/aromatic N) is 2. The molecule has 0 saturated heterocycles. The lowest BCUT2D eigenvalue weighted by atomic mass is 10.1. The lowest BCUT2D eigenvalue weighted by molar-refractivity contribution is 0.404. The van der Waals surface area contributed by atoms with Crippen LogP contribution in [0.25, 0.3) is 11.3 Å². The first-order valence-corrected chi connectivity index (χ1v) is 6.74. The number of methoxy groups -OCH3 is 2. The fourth-order valence-corrected chi connectivity index (χ4v) is 2.11. The van der Waals surface area contributed by atoms with Gasteiger partial charge in [0.15, 0.2) is 0 Å². The topological polar surface area (TPSA) is 62.3 Å². The van der Waals surface area contributed by atoms with E-state index in [9.17, 15) is 0 Å². The molecule has 0 fully saturated rings. The van der Waals surface area contributed by atoms with Gasteiger partial charge in [-0.05, 0) is 24.6 Å². The molecule has 0 atom stereocenters. The van der Waals surface area contributed by atoms with Gasteiger partial charge in [0.25, 0.3) is 0 Å². The summed E-state index contributed by atoms with van der Waals surface area (Å²) < 4.78 is 12.6. The van der Waals surface area contributed by atoms with Crippen LogP contribution in [0.2, 0.25) is 0 Å². The van der Waals surface area contributed by atoms with E-state index >= 15 is 0 Å². The average molecular weight is 275 g/mol. The van der Waals surface area contributed by atoms with Crippen LogP contribution in [0.5, 0.6) is 11.5 Å². The highest BCUT2D eigenvalue weighted by Gasteiger charge is 2.15. The summed E-state index contributed by atoms with van der Waals surface area (Å²) >= 11 is 0. The number of unbranched alkanes of at least 4 members (excludes halogenated alkanes) is 1. The quantitative estimate of drug-likeness (QED) is 0.880. The Labute approximate surface area is 119 Å². The maximum atomic E-state index is 6.20. The summed E-state index contributed by atoms with van der Waals surface area (Å²) in [6, 6.07) is 5.60. The monoisotopic (exact) mass is 275 g/mol. The standard InChI is InChI=1S/C15H21N3O2/c1-4-5-8-18-10-17-14(15(18)16)12-9-11(19-2)6-7-13(12)20-3/h6-7,9-10H,4-5,8,16H2,1-3H3. The van der Waals surface area contributed by atoms with Crippen molar-refractivity contribution in [1.29, 1.82) is 0 Å². The number of aryl methyl sites for hydroxylation is 1. The van der Waals surface area contributed by atoms with Gasteiger partial charge >= 0.3 is 0 Å². The van der Waals surface area contributed by atoms with Crippen LogP contribution < -0.4 is 15.2 Å². The lowest BCUT2D eigenvalue weighted by Crippen LogP contribution is -2.02. The number of nitrogen functional groups attached to an aromatic ring is 1. The summed E-state index contributed by atoms with van der Waals surface area (Å²) in [5.41, 5.74) is 7.78. The van der Waals surface area contributed by atoms with Gasteiger partial charge < -0.3 is 19.8 Å². The number of benzene rings is 1. The Morgan fingerprint density at radius 2 is 2.05 bits per heavy atom. The van der Waals surface area contributed by atoms with Crippen LogP contribution in [-0.4, -0.2) is 23.8 Å². The molecule has 2 aromatic rings. The maximum Gasteiger partial charge on any atom is 0.131 e. The predicted molar refractivity (Wildman–Crippen MR) is 80.1 cm³/mol. The molecule has 0 spiro atoms. The second-order valence-corrected chi connectivity index (χ2v) is 4.59. The Kier molecular flexibility index (Phi) is 4.50. The van der Waals surface area contributed by atoms with Gasteiger partial charge in [-0.3, -0.25) is 0 Å². The molecule has 1 aromatic heterocycles. The molecule has 0 unspecified atom stereocenters. The molecule has 1 heterocycles. The third-order valence-electron chi connectivity index (χ3n) is 3.29. The lowest BCUT2D eigenvalue weighted by Gasteiger charge is -2.10. The fraction of sp³-hybridized carbons (Fsp3) is 0.400. The predicted octanol–water partition coefficient (Wildman–Crippen LogP) is 2.95. The fourth-order valence-electron chi connectivity index (χ4n) is 2.11. The van der Waals surface area contributed by atoms with Gasteiger partial charge in [0, 0.05) is 12.1 Å². The van der Waals surface area contributed by atoms with Crippen molar-refractivity contribution in [3.63, 3.8) is 0 Å². The van der Waals surface area contributed by atoms with Crippen LogP contribution in [0.1, 0.15) is 19.8 Å². The third-order valence-corrected chi connectivity index (χ3v) is 3.29. The highest BCUT2D eigenvalue weighted by Crippen LogP contribution is 2.35. The van der Waals surface area contributed by atoms with E-state index in [1.165, 1.54) is 0 Å². The molecule has 0 aliphatic carbocycles. The molecule has 0 amide bonds. The summed E-state index contributed by atoms with van der Waals surface area (Å²) in [6.07, 6.45) is 3.98. The van der Waals surface area contributed by atoms with Crippen LogP contribution in [0.15, 0.2) is 24.5 Å². The van der Waals surface area contributed by atoms with Crippen LogP contribution >= 0.6 is 0 Å². The van der Waals surface area contributed by atoms with E-state index in [1.807, 2.05) is 22.8 Å². The number of anilines is 1. The van der Waals surface area contributed by atoms with Gasteiger partial charge in [0.05, 0.1) is 20.5 Å². The van der Waals surface area contributed by atoms with Crippen molar-refractivity contribution in [2.24, 2.45) is 0 Å². The number of rotatable bonds is 6. The third kappa shape index (κ3) is 2.71. The van der Waals surface area contributed by atoms with Crippen molar-refractivity contribution in [3.8, 4) is 22.8 Å². The van der Waals surface area contributed by atoms with Gasteiger partial charge in [0.2, 0.25) is 0 Å². The van der Waals surface area contributed by atoms with E-state index in [4.69, 9.17) is 15.2 Å². The van der Waals surface area contributed by atoms with Crippen molar-refractivity contribution >= 4 is 5.82 Å². The van der Waals surface area contributed by atoms with Gasteiger partial charge in [-0.2, -0.15) is 0 Å². The maximum absolute atomic E-state index is 6.20. The molecule has 1 aromatic carbocycles. The number of nitrogens with two attached hydrogens (primary N) is 1. The van der Waals surface area contributed by atoms with Crippen molar-refractivity contribution in [2.45, 2.75) is 26.3 Å². The molecular formula is C15H21N3O2. The molecule has 0 radical (unpaired) electrons. The minimum Gasteiger partial charge on any atom is -0.497 e. The molecule has 2 N–H and O–H groups in total. The second-order valence-electron chi connectivity index (χ2n) is 4.59. The van der Waals surface area contributed by atoms with E-state index in [0.29, 0.717) is 5.82 Å². The van der Waals surface area contributed by atoms with E-state index in [2.05, 4.69) is 11.9 Å². The average Bonchev–Trinajstić information content (AvgIpc) is 2.85. The molecule has 2 rings (SSSR count). The number of imidazole rings is 1. The molecule has 20 heavy (non-hydrogen) atoms. The molecule has 0 aliphatic heterocycles. The molecule has 0 bridgehead atoms. The van der Waals surface area contributed by atoms with Gasteiger partial charge in [-0.25, -0.2) is 4.98 Å². The smallest absolute Gasteiger partial charge is 0.131 e. The zero-order valence-electron chi connectivity index (χ0n) is 12.2. The SMILES string of the molecule is CCCCn1cnc(-c2cc(OC)ccc2OC)c1N. The first-order valence-electron chi connectivity index (χ1n) is 6.74. The normalized spacial score (nSPS) is 10.6. The Bertz CT molecular complexity index is 578. The second kappa shape index (κ2) is 6.32. The largest absolute Gasteiger partial charge is 0.497 e.